The number of alkyl halides is 3. The molecule has 0 heterocycles. The molecule has 98 valence electrons. The molecule has 0 bridgehead atoms. The molecule has 0 saturated heterocycles. The molecule has 1 aromatic carbocycles. The van der Waals surface area contributed by atoms with Gasteiger partial charge in [0.2, 0.25) is 0 Å². The highest BCUT2D eigenvalue weighted by Crippen LogP contribution is 2.33. The third-order valence-electron chi connectivity index (χ3n) is 1.98. The second kappa shape index (κ2) is 4.82. The summed E-state index contributed by atoms with van der Waals surface area (Å²) in [5, 5.41) is 12.9. The monoisotopic (exact) mass is 262 g/mol. The number of amidine groups is 1. The maximum Gasteiger partial charge on any atom is 0.417 e. The summed E-state index contributed by atoms with van der Waals surface area (Å²) in [6.07, 6.45) is -4.72. The van der Waals surface area contributed by atoms with Crippen molar-refractivity contribution < 1.29 is 23.2 Å². The first kappa shape index (κ1) is 13.6. The van der Waals surface area contributed by atoms with Gasteiger partial charge in [-0.05, 0) is 18.2 Å². The Morgan fingerprint density at radius 2 is 1.94 bits per heavy atom. The van der Waals surface area contributed by atoms with Gasteiger partial charge in [0.25, 0.3) is 0 Å². The van der Waals surface area contributed by atoms with Gasteiger partial charge < -0.3 is 22.0 Å². The highest BCUT2D eigenvalue weighted by Gasteiger charge is 2.34. The highest BCUT2D eigenvalue weighted by molar-refractivity contribution is 5.99. The summed E-state index contributed by atoms with van der Waals surface area (Å²) in [5.41, 5.74) is 8.12. The van der Waals surface area contributed by atoms with E-state index in [9.17, 15) is 18.0 Å². The minimum Gasteiger partial charge on any atom is -0.409 e. The van der Waals surface area contributed by atoms with Crippen molar-refractivity contribution in [3.63, 3.8) is 0 Å². The van der Waals surface area contributed by atoms with Crippen LogP contribution in [0.15, 0.2) is 23.4 Å². The van der Waals surface area contributed by atoms with Gasteiger partial charge in [-0.25, -0.2) is 4.79 Å². The number of carbonyl (C=O) groups excluding carboxylic acids is 1. The fourth-order valence-corrected chi connectivity index (χ4v) is 1.28. The van der Waals surface area contributed by atoms with Crippen molar-refractivity contribution in [2.24, 2.45) is 16.6 Å². The number of primary amides is 1. The smallest absolute Gasteiger partial charge is 0.409 e. The van der Waals surface area contributed by atoms with Crippen LogP contribution in [0.25, 0.3) is 0 Å². The molecular weight excluding hydrogens is 253 g/mol. The summed E-state index contributed by atoms with van der Waals surface area (Å²) >= 11 is 0. The molecule has 1 rings (SSSR count). The Labute approximate surface area is 99.1 Å². The highest BCUT2D eigenvalue weighted by atomic mass is 19.4. The number of nitrogens with two attached hydrogens (primary N) is 2. The van der Waals surface area contributed by atoms with E-state index in [1.807, 2.05) is 5.32 Å². The van der Waals surface area contributed by atoms with Gasteiger partial charge >= 0.3 is 12.2 Å². The first-order valence-electron chi connectivity index (χ1n) is 4.51. The number of urea groups is 1. The van der Waals surface area contributed by atoms with E-state index in [-0.39, 0.29) is 5.69 Å². The Kier molecular flexibility index (Phi) is 3.64. The molecule has 18 heavy (non-hydrogen) atoms. The van der Waals surface area contributed by atoms with Gasteiger partial charge in [-0.3, -0.25) is 0 Å². The number of amides is 2. The van der Waals surface area contributed by atoms with Gasteiger partial charge in [0.1, 0.15) is 0 Å². The maximum absolute atomic E-state index is 12.7. The minimum absolute atomic E-state index is 0.149. The minimum atomic E-state index is -4.72. The summed E-state index contributed by atoms with van der Waals surface area (Å²) < 4.78 is 38.2. The van der Waals surface area contributed by atoms with Crippen molar-refractivity contribution in [1.29, 1.82) is 0 Å². The van der Waals surface area contributed by atoms with Crippen LogP contribution in [0, 0.1) is 0 Å². The lowest BCUT2D eigenvalue weighted by Crippen LogP contribution is -2.22. The van der Waals surface area contributed by atoms with E-state index in [0.29, 0.717) is 6.07 Å². The maximum atomic E-state index is 12.7. The zero-order chi connectivity index (χ0) is 13.9. The number of hydrogen-bond donors (Lipinski definition) is 4. The van der Waals surface area contributed by atoms with E-state index in [0.717, 1.165) is 12.1 Å². The van der Waals surface area contributed by atoms with E-state index < -0.39 is 29.2 Å². The van der Waals surface area contributed by atoms with Crippen LogP contribution >= 0.6 is 0 Å². The van der Waals surface area contributed by atoms with Gasteiger partial charge in [-0.15, -0.1) is 0 Å². The van der Waals surface area contributed by atoms with E-state index in [2.05, 4.69) is 5.16 Å². The van der Waals surface area contributed by atoms with Crippen LogP contribution in [-0.2, 0) is 6.18 Å². The van der Waals surface area contributed by atoms with Crippen LogP contribution in [0.3, 0.4) is 0 Å². The zero-order valence-electron chi connectivity index (χ0n) is 8.82. The molecule has 0 spiro atoms. The average molecular weight is 262 g/mol. The van der Waals surface area contributed by atoms with Gasteiger partial charge in [0.15, 0.2) is 5.84 Å². The van der Waals surface area contributed by atoms with Crippen LogP contribution in [0.4, 0.5) is 23.7 Å². The van der Waals surface area contributed by atoms with Crippen LogP contribution < -0.4 is 16.8 Å². The Morgan fingerprint density at radius 1 is 1.33 bits per heavy atom. The molecule has 0 radical (unpaired) electrons. The zero-order valence-corrected chi connectivity index (χ0v) is 8.82. The third-order valence-corrected chi connectivity index (χ3v) is 1.98. The van der Waals surface area contributed by atoms with Crippen molar-refractivity contribution in [2.45, 2.75) is 6.18 Å². The lowest BCUT2D eigenvalue weighted by molar-refractivity contribution is -0.137. The van der Waals surface area contributed by atoms with Crippen LogP contribution in [0.5, 0.6) is 0 Å². The van der Waals surface area contributed by atoms with Crippen LogP contribution in [0.2, 0.25) is 0 Å². The Bertz CT molecular complexity index is 499. The van der Waals surface area contributed by atoms with Crippen LogP contribution in [0.1, 0.15) is 11.1 Å². The SMILES string of the molecule is NC(=O)Nc1ccc(C(N)=NO)c(C(F)(F)F)c1. The molecule has 0 unspecified atom stereocenters. The van der Waals surface area contributed by atoms with Crippen molar-refractivity contribution in [3.8, 4) is 0 Å². The topological polar surface area (TPSA) is 114 Å². The third kappa shape index (κ3) is 3.03. The first-order chi connectivity index (χ1) is 8.25. The first-order valence-corrected chi connectivity index (χ1v) is 4.51. The second-order valence-electron chi connectivity index (χ2n) is 3.23. The van der Waals surface area contributed by atoms with E-state index in [1.165, 1.54) is 0 Å². The Balaban J connectivity index is 3.34. The summed E-state index contributed by atoms with van der Waals surface area (Å²) in [7, 11) is 0. The summed E-state index contributed by atoms with van der Waals surface area (Å²) in [5.74, 6) is -0.687. The van der Waals surface area contributed by atoms with Gasteiger partial charge in [0.05, 0.1) is 5.56 Å². The number of rotatable bonds is 2. The van der Waals surface area contributed by atoms with Crippen molar-refractivity contribution in [2.75, 3.05) is 5.32 Å². The molecular formula is C9H9F3N4O2. The summed E-state index contributed by atoms with van der Waals surface area (Å²) in [6.45, 7) is 0. The lowest BCUT2D eigenvalue weighted by Gasteiger charge is -2.13. The number of oxime groups is 1. The normalized spacial score (nSPS) is 12.3. The Hall–Kier alpha value is -2.45. The molecule has 1 aromatic rings. The van der Waals surface area contributed by atoms with Gasteiger partial charge in [-0.1, -0.05) is 5.16 Å². The molecule has 0 aliphatic rings. The Morgan fingerprint density at radius 3 is 2.39 bits per heavy atom. The molecule has 0 fully saturated rings. The quantitative estimate of drug-likeness (QED) is 0.278. The predicted octanol–water partition coefficient (Wildman–Crippen LogP) is 1.29. The molecule has 6 nitrogen and oxygen atoms in total. The second-order valence-corrected chi connectivity index (χ2v) is 3.23. The average Bonchev–Trinajstić information content (AvgIpc) is 2.26. The van der Waals surface area contributed by atoms with Gasteiger partial charge in [0, 0.05) is 11.3 Å². The number of halogens is 3. The standard InChI is InChI=1S/C9H9F3N4O2/c10-9(11,12)6-3-4(15-8(14)17)1-2-5(6)7(13)16-18/h1-3,18H,(H2,13,16)(H3,14,15,17). The number of carbonyl (C=O) groups is 1. The number of hydrogen-bond acceptors (Lipinski definition) is 3. The largest absolute Gasteiger partial charge is 0.417 e. The molecule has 0 aliphatic carbocycles. The van der Waals surface area contributed by atoms with Crippen molar-refractivity contribution in [3.05, 3.63) is 29.3 Å². The van der Waals surface area contributed by atoms with Crippen molar-refractivity contribution in [1.82, 2.24) is 0 Å². The van der Waals surface area contributed by atoms with Crippen molar-refractivity contribution >= 4 is 17.6 Å². The predicted molar refractivity (Wildman–Crippen MR) is 57.2 cm³/mol. The fraction of sp³-hybridized carbons (Fsp3) is 0.111. The molecule has 0 aromatic heterocycles. The number of anilines is 1. The molecule has 9 heteroatoms. The lowest BCUT2D eigenvalue weighted by atomic mass is 10.1. The molecule has 0 aliphatic heterocycles. The van der Waals surface area contributed by atoms with E-state index in [4.69, 9.17) is 16.7 Å². The van der Waals surface area contributed by atoms with E-state index >= 15 is 0 Å². The number of nitrogens with one attached hydrogen (secondary N) is 1. The number of benzene rings is 1. The summed E-state index contributed by atoms with van der Waals surface area (Å²) in [6, 6.07) is 1.74. The molecule has 6 N–H and O–H groups in total. The molecule has 0 atom stereocenters. The molecule has 0 saturated carbocycles. The van der Waals surface area contributed by atoms with Gasteiger partial charge in [-0.2, -0.15) is 13.2 Å². The number of nitrogens with zero attached hydrogens (tertiary/aromatic N) is 1. The summed E-state index contributed by atoms with van der Waals surface area (Å²) in [4.78, 5) is 10.5. The van der Waals surface area contributed by atoms with Crippen LogP contribution in [-0.4, -0.2) is 17.1 Å². The molecule has 2 amide bonds. The van der Waals surface area contributed by atoms with E-state index in [1.54, 1.807) is 0 Å². The fourth-order valence-electron chi connectivity index (χ4n) is 1.28.